The van der Waals surface area contributed by atoms with Crippen molar-refractivity contribution in [2.75, 3.05) is 59.5 Å². The van der Waals surface area contributed by atoms with Crippen LogP contribution in [0.2, 0.25) is 0 Å². The number of carbonyl (C=O) groups is 1. The van der Waals surface area contributed by atoms with Crippen LogP contribution >= 0.6 is 0 Å². The molecule has 1 aromatic carbocycles. The highest BCUT2D eigenvalue weighted by Gasteiger charge is 2.06. The number of esters is 1. The lowest BCUT2D eigenvalue weighted by atomic mass is 10.1. The predicted molar refractivity (Wildman–Crippen MR) is 105 cm³/mol. The third-order valence-corrected chi connectivity index (χ3v) is 3.60. The summed E-state index contributed by atoms with van der Waals surface area (Å²) < 4.78 is 26.7. The Balaban J connectivity index is 1.86. The Hall–Kier alpha value is -1.73. The quantitative estimate of drug-likeness (QED) is 0.305. The Kier molecular flexibility index (Phi) is 14.2. The largest absolute Gasteiger partial charge is 0.460 e. The molecule has 0 amide bonds. The number of rotatable bonds is 17. The molecule has 0 aliphatic rings. The first kappa shape index (κ1) is 23.3. The maximum Gasteiger partial charge on any atom is 0.338 e. The molecule has 6 nitrogen and oxygen atoms in total. The highest BCUT2D eigenvalue weighted by molar-refractivity contribution is 5.89. The lowest BCUT2D eigenvalue weighted by Crippen LogP contribution is -2.14. The van der Waals surface area contributed by atoms with Crippen LogP contribution < -0.4 is 0 Å². The van der Waals surface area contributed by atoms with Crippen molar-refractivity contribution in [3.8, 4) is 0 Å². The first-order chi connectivity index (χ1) is 13.3. The van der Waals surface area contributed by atoms with Gasteiger partial charge in [-0.1, -0.05) is 38.1 Å². The molecule has 0 N–H and O–H groups in total. The molecule has 6 heteroatoms. The average molecular weight is 380 g/mol. The second-order valence-electron chi connectivity index (χ2n) is 5.77. The van der Waals surface area contributed by atoms with E-state index >= 15 is 0 Å². The summed E-state index contributed by atoms with van der Waals surface area (Å²) in [5.74, 6) is -0.360. The zero-order chi connectivity index (χ0) is 19.6. The van der Waals surface area contributed by atoms with Crippen molar-refractivity contribution < 1.29 is 28.5 Å². The van der Waals surface area contributed by atoms with Gasteiger partial charge in [0.05, 0.1) is 51.8 Å². The molecule has 0 aliphatic heterocycles. The van der Waals surface area contributed by atoms with Gasteiger partial charge in [0.15, 0.2) is 0 Å². The number of carbonyl (C=O) groups excluding carboxylic acids is 1. The number of hydrogen-bond acceptors (Lipinski definition) is 6. The summed E-state index contributed by atoms with van der Waals surface area (Å²) in [6.07, 6.45) is 3.95. The molecule has 0 unspecified atom stereocenters. The maximum atomic E-state index is 11.8. The molecule has 0 atom stereocenters. The normalized spacial score (nSPS) is 10.7. The molecule has 0 radical (unpaired) electrons. The van der Waals surface area contributed by atoms with Crippen LogP contribution in [0.4, 0.5) is 0 Å². The van der Waals surface area contributed by atoms with Crippen molar-refractivity contribution in [1.82, 2.24) is 0 Å². The number of hydrogen-bond donors (Lipinski definition) is 0. The molecule has 0 bridgehead atoms. The van der Waals surface area contributed by atoms with E-state index in [1.807, 2.05) is 12.1 Å². The van der Waals surface area contributed by atoms with Crippen LogP contribution in [-0.2, 0) is 23.7 Å². The monoisotopic (exact) mass is 380 g/mol. The van der Waals surface area contributed by atoms with Gasteiger partial charge in [-0.2, -0.15) is 0 Å². The van der Waals surface area contributed by atoms with Crippen molar-refractivity contribution >= 4 is 12.0 Å². The summed E-state index contributed by atoms with van der Waals surface area (Å²) in [6, 6.07) is 7.07. The first-order valence-corrected chi connectivity index (χ1v) is 9.48. The molecule has 0 aliphatic carbocycles. The summed E-state index contributed by atoms with van der Waals surface area (Å²) in [6.45, 7) is 10.4. The number of unbranched alkanes of at least 4 members (excludes halogenated alkanes) is 1. The lowest BCUT2D eigenvalue weighted by molar-refractivity contribution is -0.00907. The van der Waals surface area contributed by atoms with E-state index in [-0.39, 0.29) is 12.6 Å². The molecule has 0 spiro atoms. The Morgan fingerprint density at radius 1 is 0.815 bits per heavy atom. The minimum atomic E-state index is -0.360. The Morgan fingerprint density at radius 3 is 1.78 bits per heavy atom. The molecule has 0 saturated carbocycles. The summed E-state index contributed by atoms with van der Waals surface area (Å²) in [4.78, 5) is 11.8. The standard InChI is InChI=1S/C21H32O6/c1-3-5-10-23-11-12-24-13-14-25-15-16-26-17-18-27-21(22)20-8-6-19(4-2)7-9-20/h4,6-9H,2-3,5,10-18H2,1H3. The van der Waals surface area contributed by atoms with Gasteiger partial charge in [0.2, 0.25) is 0 Å². The van der Waals surface area contributed by atoms with Crippen LogP contribution in [0.15, 0.2) is 30.8 Å². The second kappa shape index (κ2) is 16.4. The minimum Gasteiger partial charge on any atom is -0.460 e. The first-order valence-electron chi connectivity index (χ1n) is 9.48. The van der Waals surface area contributed by atoms with Gasteiger partial charge in [-0.3, -0.25) is 0 Å². The smallest absolute Gasteiger partial charge is 0.338 e. The van der Waals surface area contributed by atoms with Gasteiger partial charge in [-0.15, -0.1) is 0 Å². The van der Waals surface area contributed by atoms with E-state index in [0.29, 0.717) is 51.8 Å². The van der Waals surface area contributed by atoms with E-state index in [9.17, 15) is 4.79 Å². The van der Waals surface area contributed by atoms with Gasteiger partial charge in [0, 0.05) is 6.61 Å². The molecule has 1 aromatic rings. The van der Waals surface area contributed by atoms with Crippen LogP contribution in [0.25, 0.3) is 6.08 Å². The van der Waals surface area contributed by atoms with Gasteiger partial charge in [-0.05, 0) is 24.1 Å². The number of ether oxygens (including phenoxy) is 5. The van der Waals surface area contributed by atoms with Crippen molar-refractivity contribution in [2.45, 2.75) is 19.8 Å². The van der Waals surface area contributed by atoms with E-state index in [2.05, 4.69) is 13.5 Å². The van der Waals surface area contributed by atoms with Gasteiger partial charge < -0.3 is 23.7 Å². The van der Waals surface area contributed by atoms with Gasteiger partial charge in [0.1, 0.15) is 6.61 Å². The SMILES string of the molecule is C=Cc1ccc(C(=O)OCCOCCOCCOCCOCCCC)cc1. The fourth-order valence-corrected chi connectivity index (χ4v) is 2.04. The fraction of sp³-hybridized carbons (Fsp3) is 0.571. The van der Waals surface area contributed by atoms with E-state index in [1.54, 1.807) is 18.2 Å². The van der Waals surface area contributed by atoms with E-state index in [0.717, 1.165) is 25.0 Å². The van der Waals surface area contributed by atoms with E-state index in [1.165, 1.54) is 0 Å². The van der Waals surface area contributed by atoms with E-state index in [4.69, 9.17) is 23.7 Å². The Labute approximate surface area is 162 Å². The fourth-order valence-electron chi connectivity index (χ4n) is 2.04. The predicted octanol–water partition coefficient (Wildman–Crippen LogP) is 3.35. The zero-order valence-corrected chi connectivity index (χ0v) is 16.3. The highest BCUT2D eigenvalue weighted by Crippen LogP contribution is 2.06. The van der Waals surface area contributed by atoms with Crippen molar-refractivity contribution in [1.29, 1.82) is 0 Å². The van der Waals surface area contributed by atoms with Gasteiger partial charge in [0.25, 0.3) is 0 Å². The van der Waals surface area contributed by atoms with Crippen LogP contribution in [0.3, 0.4) is 0 Å². The molecule has 27 heavy (non-hydrogen) atoms. The van der Waals surface area contributed by atoms with Gasteiger partial charge >= 0.3 is 5.97 Å². The molecule has 152 valence electrons. The van der Waals surface area contributed by atoms with Crippen LogP contribution in [0.1, 0.15) is 35.7 Å². The van der Waals surface area contributed by atoms with Gasteiger partial charge in [-0.25, -0.2) is 4.79 Å². The molecule has 0 aromatic heterocycles. The van der Waals surface area contributed by atoms with Crippen molar-refractivity contribution in [3.05, 3.63) is 42.0 Å². The summed E-state index contributed by atoms with van der Waals surface area (Å²) >= 11 is 0. The third-order valence-electron chi connectivity index (χ3n) is 3.60. The average Bonchev–Trinajstić information content (AvgIpc) is 2.70. The Bertz CT molecular complexity index is 500. The summed E-state index contributed by atoms with van der Waals surface area (Å²) in [5, 5.41) is 0. The maximum absolute atomic E-state index is 11.8. The highest BCUT2D eigenvalue weighted by atomic mass is 16.6. The topological polar surface area (TPSA) is 63.2 Å². The zero-order valence-electron chi connectivity index (χ0n) is 16.3. The lowest BCUT2D eigenvalue weighted by Gasteiger charge is -2.08. The minimum absolute atomic E-state index is 0.211. The molecule has 0 saturated heterocycles. The Morgan fingerprint density at radius 2 is 1.30 bits per heavy atom. The number of benzene rings is 1. The second-order valence-corrected chi connectivity index (χ2v) is 5.77. The molecule has 0 fully saturated rings. The van der Waals surface area contributed by atoms with Crippen molar-refractivity contribution in [3.63, 3.8) is 0 Å². The van der Waals surface area contributed by atoms with Crippen LogP contribution in [-0.4, -0.2) is 65.4 Å². The molecular weight excluding hydrogens is 348 g/mol. The molecular formula is C21H32O6. The third kappa shape index (κ3) is 12.3. The van der Waals surface area contributed by atoms with Crippen molar-refractivity contribution in [2.24, 2.45) is 0 Å². The molecule has 1 rings (SSSR count). The van der Waals surface area contributed by atoms with Crippen LogP contribution in [0, 0.1) is 0 Å². The summed E-state index contributed by atoms with van der Waals surface area (Å²) in [7, 11) is 0. The van der Waals surface area contributed by atoms with E-state index < -0.39 is 0 Å². The summed E-state index contributed by atoms with van der Waals surface area (Å²) in [5.41, 5.74) is 1.47. The molecule has 0 heterocycles. The van der Waals surface area contributed by atoms with Crippen LogP contribution in [0.5, 0.6) is 0 Å².